The molecule has 3 atom stereocenters. The van der Waals surface area contributed by atoms with Gasteiger partial charge in [-0.05, 0) is 41.7 Å². The van der Waals surface area contributed by atoms with Gasteiger partial charge in [0.2, 0.25) is 5.91 Å². The van der Waals surface area contributed by atoms with Crippen molar-refractivity contribution < 1.29 is 4.79 Å². The SMILES string of the molecule is CC[C@@]1(C)C[C@H](C)C(c2ccc(Cl)cc2)N(CCSC(C)C)C1=O. The number of carbonyl (C=O) groups excluding carboxylic acids is 1. The molecule has 1 aromatic carbocycles. The van der Waals surface area contributed by atoms with Gasteiger partial charge in [-0.1, -0.05) is 58.4 Å². The minimum Gasteiger partial charge on any atom is -0.334 e. The second-order valence-electron chi connectivity index (χ2n) is 7.51. The molecule has 0 radical (unpaired) electrons. The summed E-state index contributed by atoms with van der Waals surface area (Å²) in [4.78, 5) is 15.4. The molecule has 1 saturated heterocycles. The number of rotatable bonds is 6. The van der Waals surface area contributed by atoms with Gasteiger partial charge < -0.3 is 4.90 Å². The maximum absolute atomic E-state index is 13.2. The van der Waals surface area contributed by atoms with Crippen LogP contribution < -0.4 is 0 Å². The van der Waals surface area contributed by atoms with E-state index in [1.165, 1.54) is 5.56 Å². The molecular weight excluding hydrogens is 338 g/mol. The van der Waals surface area contributed by atoms with Gasteiger partial charge >= 0.3 is 0 Å². The third-order valence-electron chi connectivity index (χ3n) is 5.20. The van der Waals surface area contributed by atoms with Gasteiger partial charge in [0.25, 0.3) is 0 Å². The molecule has 1 aromatic rings. The van der Waals surface area contributed by atoms with Crippen molar-refractivity contribution >= 4 is 29.3 Å². The van der Waals surface area contributed by atoms with Crippen molar-refractivity contribution in [2.75, 3.05) is 12.3 Å². The van der Waals surface area contributed by atoms with Crippen LogP contribution in [0.15, 0.2) is 24.3 Å². The van der Waals surface area contributed by atoms with E-state index in [1.807, 2.05) is 23.9 Å². The topological polar surface area (TPSA) is 20.3 Å². The number of carbonyl (C=O) groups is 1. The molecule has 0 bridgehead atoms. The lowest BCUT2D eigenvalue weighted by Crippen LogP contribution is -2.52. The highest BCUT2D eigenvalue weighted by Crippen LogP contribution is 2.46. The first kappa shape index (κ1) is 19.7. The largest absolute Gasteiger partial charge is 0.334 e. The molecule has 0 spiro atoms. The molecule has 1 aliphatic rings. The molecule has 0 N–H and O–H groups in total. The highest BCUT2D eigenvalue weighted by molar-refractivity contribution is 7.99. The zero-order valence-corrected chi connectivity index (χ0v) is 17.1. The number of thioether (sulfide) groups is 1. The van der Waals surface area contributed by atoms with Crippen LogP contribution in [0.1, 0.15) is 59.1 Å². The number of hydrogen-bond donors (Lipinski definition) is 0. The van der Waals surface area contributed by atoms with Gasteiger partial charge in [0.15, 0.2) is 0 Å². The number of halogens is 1. The zero-order valence-electron chi connectivity index (χ0n) is 15.5. The van der Waals surface area contributed by atoms with Gasteiger partial charge in [-0.3, -0.25) is 4.79 Å². The Morgan fingerprint density at radius 2 is 1.96 bits per heavy atom. The van der Waals surface area contributed by atoms with E-state index in [9.17, 15) is 4.79 Å². The van der Waals surface area contributed by atoms with Crippen LogP contribution in [-0.4, -0.2) is 28.4 Å². The molecule has 0 saturated carbocycles. The van der Waals surface area contributed by atoms with Crippen LogP contribution in [0.25, 0.3) is 0 Å². The fraction of sp³-hybridized carbons (Fsp3) is 0.650. The van der Waals surface area contributed by atoms with Crippen LogP contribution in [0.4, 0.5) is 0 Å². The Morgan fingerprint density at radius 3 is 2.50 bits per heavy atom. The standard InChI is InChI=1S/C20H30ClNOS/c1-6-20(5)13-15(4)18(16-7-9-17(21)10-8-16)22(19(20)23)11-12-24-14(2)3/h7-10,14-15,18H,6,11-13H2,1-5H3/t15-,18?,20-/m0/s1. The van der Waals surface area contributed by atoms with Crippen LogP contribution >= 0.6 is 23.4 Å². The highest BCUT2D eigenvalue weighted by atomic mass is 35.5. The fourth-order valence-corrected chi connectivity index (χ4v) is 4.68. The van der Waals surface area contributed by atoms with Gasteiger partial charge in [-0.15, -0.1) is 0 Å². The molecule has 24 heavy (non-hydrogen) atoms. The summed E-state index contributed by atoms with van der Waals surface area (Å²) in [5.74, 6) is 1.74. The average molecular weight is 368 g/mol. The van der Waals surface area contributed by atoms with Crippen molar-refractivity contribution in [3.63, 3.8) is 0 Å². The van der Waals surface area contributed by atoms with Crippen molar-refractivity contribution in [1.29, 1.82) is 0 Å². The maximum atomic E-state index is 13.2. The van der Waals surface area contributed by atoms with Gasteiger partial charge in [0.05, 0.1) is 6.04 Å². The highest BCUT2D eigenvalue weighted by Gasteiger charge is 2.46. The molecule has 1 unspecified atom stereocenters. The van der Waals surface area contributed by atoms with E-state index in [2.05, 4.69) is 51.7 Å². The summed E-state index contributed by atoms with van der Waals surface area (Å²) < 4.78 is 0. The predicted molar refractivity (Wildman–Crippen MR) is 106 cm³/mol. The zero-order chi connectivity index (χ0) is 17.9. The molecule has 1 heterocycles. The molecular formula is C20H30ClNOS. The molecule has 0 aliphatic carbocycles. The normalized spacial score (nSPS) is 27.8. The van der Waals surface area contributed by atoms with E-state index in [0.29, 0.717) is 17.1 Å². The molecule has 134 valence electrons. The van der Waals surface area contributed by atoms with Gasteiger partial charge in [0, 0.05) is 22.7 Å². The molecule has 4 heteroatoms. The van der Waals surface area contributed by atoms with Crippen molar-refractivity contribution in [2.45, 2.75) is 58.8 Å². The quantitative estimate of drug-likeness (QED) is 0.632. The van der Waals surface area contributed by atoms with Crippen LogP contribution in [0.2, 0.25) is 5.02 Å². The molecule has 1 aliphatic heterocycles. The number of likely N-dealkylation sites (tertiary alicyclic amines) is 1. The van der Waals surface area contributed by atoms with E-state index < -0.39 is 0 Å². The number of benzene rings is 1. The Kier molecular flexibility index (Phi) is 6.66. The number of nitrogens with zero attached hydrogens (tertiary/aromatic N) is 1. The van der Waals surface area contributed by atoms with E-state index in [4.69, 9.17) is 11.6 Å². The first-order valence-electron chi connectivity index (χ1n) is 8.96. The third-order valence-corrected chi connectivity index (χ3v) is 6.54. The predicted octanol–water partition coefficient (Wildman–Crippen LogP) is 5.81. The Labute approximate surface area is 156 Å². The summed E-state index contributed by atoms with van der Waals surface area (Å²) in [7, 11) is 0. The average Bonchev–Trinajstić information content (AvgIpc) is 2.53. The number of hydrogen-bond acceptors (Lipinski definition) is 2. The van der Waals surface area contributed by atoms with Crippen molar-refractivity contribution in [1.82, 2.24) is 4.90 Å². The summed E-state index contributed by atoms with van der Waals surface area (Å²) in [6, 6.07) is 8.18. The molecule has 2 nitrogen and oxygen atoms in total. The summed E-state index contributed by atoms with van der Waals surface area (Å²) in [6.45, 7) is 11.8. The summed E-state index contributed by atoms with van der Waals surface area (Å²) >= 11 is 7.97. The van der Waals surface area contributed by atoms with Gasteiger partial charge in [-0.25, -0.2) is 0 Å². The monoisotopic (exact) mass is 367 g/mol. The summed E-state index contributed by atoms with van der Waals surface area (Å²) in [5.41, 5.74) is 0.970. The Hall–Kier alpha value is -0.670. The minimum atomic E-state index is -0.231. The van der Waals surface area contributed by atoms with Crippen molar-refractivity contribution in [3.05, 3.63) is 34.9 Å². The van der Waals surface area contributed by atoms with Gasteiger partial charge in [0.1, 0.15) is 0 Å². The lowest BCUT2D eigenvalue weighted by Gasteiger charge is -2.48. The summed E-state index contributed by atoms with van der Waals surface area (Å²) in [5, 5.41) is 1.34. The molecule has 0 aromatic heterocycles. The maximum Gasteiger partial charge on any atom is 0.229 e. The Morgan fingerprint density at radius 1 is 1.33 bits per heavy atom. The van der Waals surface area contributed by atoms with Crippen LogP contribution in [-0.2, 0) is 4.79 Å². The van der Waals surface area contributed by atoms with E-state index in [1.54, 1.807) is 0 Å². The minimum absolute atomic E-state index is 0.155. The lowest BCUT2D eigenvalue weighted by atomic mass is 9.70. The number of piperidine rings is 1. The van der Waals surface area contributed by atoms with Crippen molar-refractivity contribution in [3.8, 4) is 0 Å². The van der Waals surface area contributed by atoms with E-state index in [0.717, 1.165) is 30.2 Å². The van der Waals surface area contributed by atoms with E-state index in [-0.39, 0.29) is 11.5 Å². The molecule has 2 rings (SSSR count). The lowest BCUT2D eigenvalue weighted by molar-refractivity contribution is -0.152. The Bertz CT molecular complexity index is 559. The molecule has 1 fully saturated rings. The second kappa shape index (κ2) is 8.14. The first-order chi connectivity index (χ1) is 11.3. The second-order valence-corrected chi connectivity index (χ2v) is 9.63. The van der Waals surface area contributed by atoms with E-state index >= 15 is 0 Å². The first-order valence-corrected chi connectivity index (χ1v) is 10.4. The van der Waals surface area contributed by atoms with Crippen LogP contribution in [0, 0.1) is 11.3 Å². The van der Waals surface area contributed by atoms with Crippen molar-refractivity contribution in [2.24, 2.45) is 11.3 Å². The van der Waals surface area contributed by atoms with Crippen LogP contribution in [0.5, 0.6) is 0 Å². The summed E-state index contributed by atoms with van der Waals surface area (Å²) in [6.07, 6.45) is 1.85. The fourth-order valence-electron chi connectivity index (χ4n) is 3.78. The number of amides is 1. The van der Waals surface area contributed by atoms with Crippen LogP contribution in [0.3, 0.4) is 0 Å². The van der Waals surface area contributed by atoms with Gasteiger partial charge in [-0.2, -0.15) is 11.8 Å². The third kappa shape index (κ3) is 4.29. The molecule has 1 amide bonds. The smallest absolute Gasteiger partial charge is 0.229 e. The Balaban J connectivity index is 2.30.